The van der Waals surface area contributed by atoms with E-state index in [1.165, 1.54) is 12.3 Å². The van der Waals surface area contributed by atoms with Crippen LogP contribution in [0.5, 0.6) is 11.5 Å². The summed E-state index contributed by atoms with van der Waals surface area (Å²) in [6.45, 7) is 6.69. The van der Waals surface area contributed by atoms with E-state index in [4.69, 9.17) is 14.6 Å². The van der Waals surface area contributed by atoms with Crippen LogP contribution in [0.3, 0.4) is 0 Å². The Balaban J connectivity index is 1.77. The van der Waals surface area contributed by atoms with Gasteiger partial charge in [0, 0.05) is 25.1 Å². The Morgan fingerprint density at radius 3 is 2.43 bits per heavy atom. The summed E-state index contributed by atoms with van der Waals surface area (Å²) >= 11 is 0. The molecule has 0 spiro atoms. The fourth-order valence-electron chi connectivity index (χ4n) is 5.13. The number of alkyl halides is 3. The summed E-state index contributed by atoms with van der Waals surface area (Å²) in [6.07, 6.45) is -2.81. The molecule has 4 rings (SSSR count). The van der Waals surface area contributed by atoms with Crippen molar-refractivity contribution in [2.45, 2.75) is 58.8 Å². The van der Waals surface area contributed by atoms with E-state index in [1.54, 1.807) is 19.2 Å². The topological polar surface area (TPSA) is 95.7 Å². The minimum absolute atomic E-state index is 0.0232. The first kappa shape index (κ1) is 33.8. The van der Waals surface area contributed by atoms with Gasteiger partial charge in [0.05, 0.1) is 37.1 Å². The SMILES string of the molecule is COc1ccc(C(C)C)cc1-c1ccc(C)cc1CN(Cc1cc(C#N)cc(C(F)(F)F)c1)c1ccc(OCCCC(=O)O)cn1. The van der Waals surface area contributed by atoms with Gasteiger partial charge < -0.3 is 19.5 Å². The van der Waals surface area contributed by atoms with Crippen molar-refractivity contribution in [3.63, 3.8) is 0 Å². The number of ether oxygens (including phenoxy) is 2. The highest BCUT2D eigenvalue weighted by atomic mass is 19.4. The quantitative estimate of drug-likeness (QED) is 0.148. The number of carboxylic acid groups (broad SMARTS) is 1. The monoisotopic (exact) mass is 631 g/mol. The molecule has 0 aliphatic heterocycles. The number of nitriles is 1. The second-order valence-electron chi connectivity index (χ2n) is 11.4. The molecule has 46 heavy (non-hydrogen) atoms. The Bertz CT molecular complexity index is 1710. The Kier molecular flexibility index (Phi) is 10.9. The summed E-state index contributed by atoms with van der Waals surface area (Å²) in [4.78, 5) is 17.2. The van der Waals surface area contributed by atoms with Gasteiger partial charge in [-0.15, -0.1) is 0 Å². The first-order valence-electron chi connectivity index (χ1n) is 14.8. The largest absolute Gasteiger partial charge is 0.496 e. The number of methoxy groups -OCH3 is 1. The zero-order valence-electron chi connectivity index (χ0n) is 26.2. The summed E-state index contributed by atoms with van der Waals surface area (Å²) in [6, 6.07) is 20.7. The number of rotatable bonds is 13. The van der Waals surface area contributed by atoms with E-state index in [9.17, 15) is 23.2 Å². The lowest BCUT2D eigenvalue weighted by molar-refractivity contribution is -0.138. The van der Waals surface area contributed by atoms with E-state index in [0.29, 0.717) is 29.3 Å². The van der Waals surface area contributed by atoms with Crippen molar-refractivity contribution in [2.24, 2.45) is 0 Å². The summed E-state index contributed by atoms with van der Waals surface area (Å²) in [7, 11) is 1.61. The van der Waals surface area contributed by atoms with E-state index < -0.39 is 17.7 Å². The molecule has 3 aromatic carbocycles. The minimum Gasteiger partial charge on any atom is -0.496 e. The first-order valence-corrected chi connectivity index (χ1v) is 14.8. The molecule has 240 valence electrons. The van der Waals surface area contributed by atoms with Gasteiger partial charge in [0.15, 0.2) is 0 Å². The van der Waals surface area contributed by atoms with Crippen molar-refractivity contribution in [2.75, 3.05) is 18.6 Å². The fraction of sp³-hybridized carbons (Fsp3) is 0.306. The number of nitrogens with zero attached hydrogens (tertiary/aromatic N) is 3. The van der Waals surface area contributed by atoms with E-state index in [-0.39, 0.29) is 37.6 Å². The van der Waals surface area contributed by atoms with Crippen molar-refractivity contribution < 1.29 is 32.5 Å². The molecule has 7 nitrogen and oxygen atoms in total. The second kappa shape index (κ2) is 14.8. The van der Waals surface area contributed by atoms with Crippen LogP contribution in [0.25, 0.3) is 11.1 Å². The first-order chi connectivity index (χ1) is 21.9. The highest BCUT2D eigenvalue weighted by Gasteiger charge is 2.31. The van der Waals surface area contributed by atoms with Gasteiger partial charge in [-0.2, -0.15) is 18.4 Å². The van der Waals surface area contributed by atoms with Crippen LogP contribution in [0.1, 0.15) is 66.0 Å². The van der Waals surface area contributed by atoms with Crippen LogP contribution in [0.15, 0.2) is 72.9 Å². The average molecular weight is 632 g/mol. The van der Waals surface area contributed by atoms with Gasteiger partial charge in [-0.05, 0) is 84.0 Å². The van der Waals surface area contributed by atoms with Gasteiger partial charge >= 0.3 is 12.1 Å². The number of hydrogen-bond acceptors (Lipinski definition) is 6. The molecule has 0 fully saturated rings. The lowest BCUT2D eigenvalue weighted by Gasteiger charge is -2.27. The van der Waals surface area contributed by atoms with E-state index in [1.807, 2.05) is 48.2 Å². The number of hydrogen-bond donors (Lipinski definition) is 1. The molecular formula is C36H36F3N3O4. The molecule has 4 aromatic rings. The molecule has 10 heteroatoms. The fourth-order valence-corrected chi connectivity index (χ4v) is 5.13. The molecule has 0 amide bonds. The number of carboxylic acids is 1. The van der Waals surface area contributed by atoms with Crippen LogP contribution in [-0.2, 0) is 24.1 Å². The molecule has 0 radical (unpaired) electrons. The van der Waals surface area contributed by atoms with Crippen molar-refractivity contribution in [3.05, 3.63) is 106 Å². The molecular weight excluding hydrogens is 595 g/mol. The number of pyridine rings is 1. The molecule has 1 N–H and O–H groups in total. The van der Waals surface area contributed by atoms with Gasteiger partial charge in [0.25, 0.3) is 0 Å². The maximum absolute atomic E-state index is 13.8. The highest BCUT2D eigenvalue weighted by molar-refractivity contribution is 5.75. The number of aryl methyl sites for hydroxylation is 1. The molecule has 0 atom stereocenters. The van der Waals surface area contributed by atoms with Crippen LogP contribution in [-0.4, -0.2) is 29.8 Å². The zero-order valence-corrected chi connectivity index (χ0v) is 26.2. The molecule has 0 unspecified atom stereocenters. The van der Waals surface area contributed by atoms with Crippen LogP contribution in [0.2, 0.25) is 0 Å². The number of benzene rings is 3. The van der Waals surface area contributed by atoms with Crippen LogP contribution in [0.4, 0.5) is 19.0 Å². The minimum atomic E-state index is -4.62. The van der Waals surface area contributed by atoms with Crippen LogP contribution >= 0.6 is 0 Å². The Hall–Kier alpha value is -5.04. The summed E-state index contributed by atoms with van der Waals surface area (Å²) < 4.78 is 52.7. The van der Waals surface area contributed by atoms with Gasteiger partial charge in [0.2, 0.25) is 0 Å². The van der Waals surface area contributed by atoms with Crippen LogP contribution < -0.4 is 14.4 Å². The van der Waals surface area contributed by atoms with E-state index >= 15 is 0 Å². The average Bonchev–Trinajstić information content (AvgIpc) is 3.02. The number of aromatic nitrogens is 1. The molecule has 1 aromatic heterocycles. The lowest BCUT2D eigenvalue weighted by Crippen LogP contribution is -2.24. The summed E-state index contributed by atoms with van der Waals surface area (Å²) in [5.41, 5.74) is 4.16. The van der Waals surface area contributed by atoms with Crippen molar-refractivity contribution in [1.29, 1.82) is 5.26 Å². The smallest absolute Gasteiger partial charge is 0.416 e. The Morgan fingerprint density at radius 1 is 1.02 bits per heavy atom. The summed E-state index contributed by atoms with van der Waals surface area (Å²) in [5, 5.41) is 18.4. The maximum atomic E-state index is 13.8. The Morgan fingerprint density at radius 2 is 1.80 bits per heavy atom. The lowest BCUT2D eigenvalue weighted by atomic mass is 9.92. The third kappa shape index (κ3) is 8.78. The third-order valence-electron chi connectivity index (χ3n) is 7.47. The number of carbonyl (C=O) groups is 1. The van der Waals surface area contributed by atoms with Gasteiger partial charge in [0.1, 0.15) is 17.3 Å². The molecule has 0 aliphatic carbocycles. The van der Waals surface area contributed by atoms with Gasteiger partial charge in [-0.1, -0.05) is 43.7 Å². The molecule has 1 heterocycles. The van der Waals surface area contributed by atoms with Gasteiger partial charge in [-0.25, -0.2) is 4.98 Å². The van der Waals surface area contributed by atoms with Crippen molar-refractivity contribution >= 4 is 11.8 Å². The standard InChI is InChI=1S/C36H36F3N3O4/c1-23(2)27-8-11-33(45-4)32(18-27)31-10-7-24(3)14-28(31)22-42(21-26-15-25(19-40)16-29(17-26)36(37,38)39)34-12-9-30(20-41-34)46-13-5-6-35(43)44/h7-12,14-18,20,23H,5-6,13,21-22H2,1-4H3,(H,43,44). The Labute approximate surface area is 266 Å². The number of aliphatic carboxylic acids is 1. The third-order valence-corrected chi connectivity index (χ3v) is 7.47. The zero-order chi connectivity index (χ0) is 33.4. The number of anilines is 1. The molecule has 0 saturated carbocycles. The highest BCUT2D eigenvalue weighted by Crippen LogP contribution is 2.37. The van der Waals surface area contributed by atoms with Crippen LogP contribution in [0, 0.1) is 18.3 Å². The molecule has 0 bridgehead atoms. The predicted octanol–water partition coefficient (Wildman–Crippen LogP) is 8.53. The maximum Gasteiger partial charge on any atom is 0.416 e. The normalized spacial score (nSPS) is 11.3. The number of halogens is 3. The molecule has 0 saturated heterocycles. The van der Waals surface area contributed by atoms with E-state index in [2.05, 4.69) is 24.9 Å². The second-order valence-corrected chi connectivity index (χ2v) is 11.4. The van der Waals surface area contributed by atoms with Crippen molar-refractivity contribution in [1.82, 2.24) is 4.98 Å². The summed E-state index contributed by atoms with van der Waals surface area (Å²) in [5.74, 6) is 0.973. The van der Waals surface area contributed by atoms with Gasteiger partial charge in [-0.3, -0.25) is 4.79 Å². The predicted molar refractivity (Wildman–Crippen MR) is 170 cm³/mol. The molecule has 0 aliphatic rings. The van der Waals surface area contributed by atoms with E-state index in [0.717, 1.165) is 39.9 Å². The van der Waals surface area contributed by atoms with Crippen molar-refractivity contribution in [3.8, 4) is 28.7 Å².